The van der Waals surface area contributed by atoms with E-state index in [1.54, 1.807) is 11.8 Å². The number of aliphatic carboxylic acids is 1. The van der Waals surface area contributed by atoms with E-state index in [-0.39, 0.29) is 18.4 Å². The highest BCUT2D eigenvalue weighted by molar-refractivity contribution is 5.79. The summed E-state index contributed by atoms with van der Waals surface area (Å²) in [6.07, 6.45) is 0.636. The van der Waals surface area contributed by atoms with Gasteiger partial charge in [0.2, 0.25) is 5.91 Å². The molecule has 0 radical (unpaired) electrons. The summed E-state index contributed by atoms with van der Waals surface area (Å²) in [6, 6.07) is 0. The third kappa shape index (κ3) is 4.61. The van der Waals surface area contributed by atoms with Gasteiger partial charge in [0.15, 0.2) is 0 Å². The summed E-state index contributed by atoms with van der Waals surface area (Å²) in [5.74, 6) is -1.56. The molecular weight excluding hydrogens is 208 g/mol. The van der Waals surface area contributed by atoms with E-state index in [2.05, 4.69) is 0 Å². The molecule has 5 nitrogen and oxygen atoms in total. The van der Waals surface area contributed by atoms with Gasteiger partial charge >= 0.3 is 5.97 Å². The lowest BCUT2D eigenvalue weighted by Crippen LogP contribution is -2.40. The van der Waals surface area contributed by atoms with Crippen molar-refractivity contribution < 1.29 is 14.7 Å². The summed E-state index contributed by atoms with van der Waals surface area (Å²) in [5, 5.41) is 8.79. The van der Waals surface area contributed by atoms with E-state index in [0.717, 1.165) is 0 Å². The van der Waals surface area contributed by atoms with Crippen LogP contribution < -0.4 is 5.73 Å². The zero-order valence-corrected chi connectivity index (χ0v) is 10.3. The van der Waals surface area contributed by atoms with Gasteiger partial charge in [0.25, 0.3) is 0 Å². The molecule has 1 amide bonds. The molecule has 2 atom stereocenters. The lowest BCUT2D eigenvalue weighted by Gasteiger charge is -2.25. The maximum atomic E-state index is 11.9. The predicted molar refractivity (Wildman–Crippen MR) is 61.9 cm³/mol. The first-order valence-electron chi connectivity index (χ1n) is 5.65. The lowest BCUT2D eigenvalue weighted by atomic mass is 10.1. The number of carboxylic acids is 1. The summed E-state index contributed by atoms with van der Waals surface area (Å²) in [5.41, 5.74) is 5.39. The maximum Gasteiger partial charge on any atom is 0.308 e. The normalized spacial score (nSPS) is 14.2. The minimum absolute atomic E-state index is 0.0129. The molecule has 0 rings (SSSR count). The van der Waals surface area contributed by atoms with Crippen molar-refractivity contribution in [1.29, 1.82) is 0 Å². The Labute approximate surface area is 96.6 Å². The van der Waals surface area contributed by atoms with Crippen LogP contribution in [0, 0.1) is 11.8 Å². The number of nitrogens with zero attached hydrogens (tertiary/aromatic N) is 1. The van der Waals surface area contributed by atoms with Crippen LogP contribution in [0.25, 0.3) is 0 Å². The van der Waals surface area contributed by atoms with Crippen molar-refractivity contribution in [3.05, 3.63) is 0 Å². The quantitative estimate of drug-likeness (QED) is 0.668. The fourth-order valence-electron chi connectivity index (χ4n) is 1.47. The summed E-state index contributed by atoms with van der Waals surface area (Å²) in [6.45, 7) is 6.54. The molecule has 5 heteroatoms. The van der Waals surface area contributed by atoms with E-state index in [1.165, 1.54) is 0 Å². The number of carbonyl (C=O) groups excluding carboxylic acids is 1. The van der Waals surface area contributed by atoms with Gasteiger partial charge in [-0.1, -0.05) is 13.8 Å². The van der Waals surface area contributed by atoms with Crippen molar-refractivity contribution in [3.8, 4) is 0 Å². The minimum atomic E-state index is -0.877. The largest absolute Gasteiger partial charge is 0.481 e. The third-order valence-corrected chi connectivity index (χ3v) is 2.63. The second kappa shape index (κ2) is 7.22. The molecule has 0 aliphatic heterocycles. The van der Waals surface area contributed by atoms with E-state index in [0.29, 0.717) is 19.5 Å². The summed E-state index contributed by atoms with van der Waals surface area (Å²) in [7, 11) is 0. The Morgan fingerprint density at radius 1 is 1.31 bits per heavy atom. The SMILES string of the molecule is CCN(CC(C)C(=O)O)C(=O)C(C)CCN. The molecule has 0 saturated heterocycles. The predicted octanol–water partition coefficient (Wildman–Crippen LogP) is 0.541. The highest BCUT2D eigenvalue weighted by atomic mass is 16.4. The van der Waals surface area contributed by atoms with Gasteiger partial charge in [0.05, 0.1) is 5.92 Å². The average molecular weight is 230 g/mol. The van der Waals surface area contributed by atoms with E-state index in [9.17, 15) is 9.59 Å². The van der Waals surface area contributed by atoms with E-state index < -0.39 is 11.9 Å². The molecule has 0 bridgehead atoms. The summed E-state index contributed by atoms with van der Waals surface area (Å²) < 4.78 is 0. The summed E-state index contributed by atoms with van der Waals surface area (Å²) in [4.78, 5) is 24.2. The Morgan fingerprint density at radius 2 is 1.88 bits per heavy atom. The molecule has 94 valence electrons. The van der Waals surface area contributed by atoms with Crippen molar-refractivity contribution in [2.45, 2.75) is 27.2 Å². The van der Waals surface area contributed by atoms with Crippen molar-refractivity contribution >= 4 is 11.9 Å². The fourth-order valence-corrected chi connectivity index (χ4v) is 1.47. The van der Waals surface area contributed by atoms with E-state index in [1.807, 2.05) is 13.8 Å². The molecule has 0 aromatic heterocycles. The van der Waals surface area contributed by atoms with Gasteiger partial charge in [-0.3, -0.25) is 9.59 Å². The Kier molecular flexibility index (Phi) is 6.72. The lowest BCUT2D eigenvalue weighted by molar-refractivity contribution is -0.143. The van der Waals surface area contributed by atoms with Crippen molar-refractivity contribution in [2.75, 3.05) is 19.6 Å². The van der Waals surface area contributed by atoms with Crippen LogP contribution in [0.4, 0.5) is 0 Å². The molecular formula is C11H22N2O3. The fraction of sp³-hybridized carbons (Fsp3) is 0.818. The van der Waals surface area contributed by atoms with Crippen LogP contribution in [0.15, 0.2) is 0 Å². The number of amides is 1. The molecule has 0 aromatic carbocycles. The second-order valence-electron chi connectivity index (χ2n) is 4.09. The van der Waals surface area contributed by atoms with Gasteiger partial charge in [0.1, 0.15) is 0 Å². The molecule has 3 N–H and O–H groups in total. The Hall–Kier alpha value is -1.10. The number of hydrogen-bond acceptors (Lipinski definition) is 3. The third-order valence-electron chi connectivity index (χ3n) is 2.63. The van der Waals surface area contributed by atoms with Crippen LogP contribution in [-0.4, -0.2) is 41.5 Å². The zero-order valence-electron chi connectivity index (χ0n) is 10.3. The number of rotatable bonds is 7. The molecule has 0 fully saturated rings. The number of nitrogens with two attached hydrogens (primary N) is 1. The minimum Gasteiger partial charge on any atom is -0.481 e. The molecule has 0 heterocycles. The van der Waals surface area contributed by atoms with Gasteiger partial charge in [-0.2, -0.15) is 0 Å². The maximum absolute atomic E-state index is 11.9. The highest BCUT2D eigenvalue weighted by Gasteiger charge is 2.22. The smallest absolute Gasteiger partial charge is 0.308 e. The molecule has 0 saturated carbocycles. The molecule has 0 aromatic rings. The topological polar surface area (TPSA) is 83.6 Å². The average Bonchev–Trinajstić information content (AvgIpc) is 2.24. The van der Waals surface area contributed by atoms with Crippen LogP contribution >= 0.6 is 0 Å². The molecule has 0 spiro atoms. The first kappa shape index (κ1) is 14.9. The standard InChI is InChI=1S/C11H22N2O3/c1-4-13(7-9(3)11(15)16)10(14)8(2)5-6-12/h8-9H,4-7,12H2,1-3H3,(H,15,16). The Bertz CT molecular complexity index is 243. The zero-order chi connectivity index (χ0) is 12.7. The Balaban J connectivity index is 4.37. The van der Waals surface area contributed by atoms with E-state index >= 15 is 0 Å². The highest BCUT2D eigenvalue weighted by Crippen LogP contribution is 2.09. The molecule has 16 heavy (non-hydrogen) atoms. The summed E-state index contributed by atoms with van der Waals surface area (Å²) >= 11 is 0. The number of carboxylic acid groups (broad SMARTS) is 1. The van der Waals surface area contributed by atoms with Gasteiger partial charge in [-0.25, -0.2) is 0 Å². The van der Waals surface area contributed by atoms with Crippen LogP contribution in [0.1, 0.15) is 27.2 Å². The number of carbonyl (C=O) groups is 2. The van der Waals surface area contributed by atoms with Crippen molar-refractivity contribution in [1.82, 2.24) is 4.90 Å². The van der Waals surface area contributed by atoms with Gasteiger partial charge in [0, 0.05) is 19.0 Å². The number of hydrogen-bond donors (Lipinski definition) is 2. The van der Waals surface area contributed by atoms with Crippen LogP contribution in [0.2, 0.25) is 0 Å². The first-order chi connectivity index (χ1) is 7.43. The van der Waals surface area contributed by atoms with Gasteiger partial charge in [-0.05, 0) is 19.9 Å². The van der Waals surface area contributed by atoms with Gasteiger partial charge in [-0.15, -0.1) is 0 Å². The van der Waals surface area contributed by atoms with Crippen molar-refractivity contribution in [2.24, 2.45) is 17.6 Å². The Morgan fingerprint density at radius 3 is 2.25 bits per heavy atom. The van der Waals surface area contributed by atoms with Crippen LogP contribution in [0.5, 0.6) is 0 Å². The molecule has 0 aliphatic carbocycles. The van der Waals surface area contributed by atoms with E-state index in [4.69, 9.17) is 10.8 Å². The monoisotopic (exact) mass is 230 g/mol. The van der Waals surface area contributed by atoms with Crippen LogP contribution in [0.3, 0.4) is 0 Å². The van der Waals surface area contributed by atoms with Gasteiger partial charge < -0.3 is 15.7 Å². The molecule has 0 aliphatic rings. The van der Waals surface area contributed by atoms with Crippen LogP contribution in [-0.2, 0) is 9.59 Å². The molecule has 2 unspecified atom stereocenters. The van der Waals surface area contributed by atoms with Crippen molar-refractivity contribution in [3.63, 3.8) is 0 Å². The first-order valence-corrected chi connectivity index (χ1v) is 5.65. The second-order valence-corrected chi connectivity index (χ2v) is 4.09.